The number of fused-ring (bicyclic) bond motifs is 3. The molecule has 2 saturated heterocycles. The fourth-order valence-electron chi connectivity index (χ4n) is 6.44. The van der Waals surface area contributed by atoms with E-state index in [0.717, 1.165) is 22.6 Å². The Balaban J connectivity index is 1.40. The van der Waals surface area contributed by atoms with Crippen LogP contribution in [0.15, 0.2) is 42.1 Å². The van der Waals surface area contributed by atoms with E-state index < -0.39 is 5.54 Å². The first kappa shape index (κ1) is 27.5. The van der Waals surface area contributed by atoms with Gasteiger partial charge in [-0.3, -0.25) is 4.90 Å². The van der Waals surface area contributed by atoms with Crippen LogP contribution in [0.5, 0.6) is 23.0 Å². The molecule has 1 N–H and O–H groups in total. The van der Waals surface area contributed by atoms with E-state index >= 15 is 0 Å². The van der Waals surface area contributed by atoms with Gasteiger partial charge in [0.25, 0.3) is 0 Å². The monoisotopic (exact) mass is 550 g/mol. The van der Waals surface area contributed by atoms with Crippen LogP contribution in [0.2, 0.25) is 0 Å². The van der Waals surface area contributed by atoms with Crippen LogP contribution in [0.4, 0.5) is 15.3 Å². The zero-order valence-corrected chi connectivity index (χ0v) is 24.1. The zero-order valence-electron chi connectivity index (χ0n) is 24.1. The third-order valence-electron chi connectivity index (χ3n) is 8.44. The molecule has 2 aromatic carbocycles. The molecule has 4 amide bonds. The average molecular weight is 551 g/mol. The number of allylic oxidation sites excluding steroid dienone is 1. The van der Waals surface area contributed by atoms with Gasteiger partial charge in [0.05, 0.1) is 46.2 Å². The van der Waals surface area contributed by atoms with Crippen molar-refractivity contribution in [2.75, 3.05) is 53.4 Å². The number of hydrogen-bond donors (Lipinski definition) is 1. The number of carbonyl (C=O) groups excluding carboxylic acids is 2. The van der Waals surface area contributed by atoms with Crippen molar-refractivity contribution in [1.82, 2.24) is 14.7 Å². The van der Waals surface area contributed by atoms with Gasteiger partial charge < -0.3 is 34.1 Å². The van der Waals surface area contributed by atoms with Crippen LogP contribution < -0.4 is 24.3 Å². The molecule has 5 rings (SSSR count). The van der Waals surface area contributed by atoms with Gasteiger partial charge in [-0.25, -0.2) is 9.59 Å². The molecule has 40 heavy (non-hydrogen) atoms. The fraction of sp³-hybridized carbons (Fsp3) is 0.467. The Morgan fingerprint density at radius 1 is 0.975 bits per heavy atom. The SMILES string of the molecule is CCN1C(=O)N2Cc3cc(OC)cc(OC)c3[C@@H](C)C=C2C12CCN(C(=O)Nc1ccc(OC)cc1OC)CC2. The van der Waals surface area contributed by atoms with E-state index in [-0.39, 0.29) is 18.0 Å². The van der Waals surface area contributed by atoms with E-state index in [0.29, 0.717) is 62.0 Å². The van der Waals surface area contributed by atoms with Gasteiger partial charge in [-0.2, -0.15) is 0 Å². The van der Waals surface area contributed by atoms with E-state index in [4.69, 9.17) is 18.9 Å². The Labute approximate surface area is 235 Å². The molecular weight excluding hydrogens is 512 g/mol. The van der Waals surface area contributed by atoms with E-state index in [9.17, 15) is 9.59 Å². The van der Waals surface area contributed by atoms with E-state index in [1.807, 2.05) is 28.9 Å². The number of nitrogens with one attached hydrogen (secondary N) is 1. The van der Waals surface area contributed by atoms with Crippen molar-refractivity contribution in [3.63, 3.8) is 0 Å². The number of anilines is 1. The molecule has 0 bridgehead atoms. The summed E-state index contributed by atoms with van der Waals surface area (Å²) >= 11 is 0. The summed E-state index contributed by atoms with van der Waals surface area (Å²) in [6.07, 6.45) is 3.50. The van der Waals surface area contributed by atoms with Crippen LogP contribution in [0.3, 0.4) is 0 Å². The topological polar surface area (TPSA) is 92.8 Å². The van der Waals surface area contributed by atoms with E-state index in [1.165, 1.54) is 0 Å². The molecule has 0 saturated carbocycles. The molecule has 1 spiro atoms. The normalized spacial score (nSPS) is 19.4. The number of hydrogen-bond acceptors (Lipinski definition) is 6. The highest BCUT2D eigenvalue weighted by Crippen LogP contribution is 2.49. The van der Waals surface area contributed by atoms with Gasteiger partial charge in [0, 0.05) is 48.9 Å². The van der Waals surface area contributed by atoms with Crippen molar-refractivity contribution >= 4 is 17.7 Å². The van der Waals surface area contributed by atoms with Crippen molar-refractivity contribution in [1.29, 1.82) is 0 Å². The first-order chi connectivity index (χ1) is 19.3. The molecule has 2 fully saturated rings. The molecule has 0 unspecified atom stereocenters. The predicted molar refractivity (Wildman–Crippen MR) is 151 cm³/mol. The molecule has 3 heterocycles. The molecular formula is C30H38N4O6. The minimum absolute atomic E-state index is 0.00328. The van der Waals surface area contributed by atoms with Gasteiger partial charge in [-0.1, -0.05) is 13.0 Å². The first-order valence-corrected chi connectivity index (χ1v) is 13.6. The minimum Gasteiger partial charge on any atom is -0.497 e. The van der Waals surface area contributed by atoms with Crippen molar-refractivity contribution in [2.45, 2.75) is 44.7 Å². The Hall–Kier alpha value is -4.08. The largest absolute Gasteiger partial charge is 0.497 e. The summed E-state index contributed by atoms with van der Waals surface area (Å²) in [6, 6.07) is 8.98. The smallest absolute Gasteiger partial charge is 0.325 e. The zero-order chi connectivity index (χ0) is 28.6. The average Bonchev–Trinajstić information content (AvgIpc) is 3.08. The summed E-state index contributed by atoms with van der Waals surface area (Å²) in [7, 11) is 6.44. The van der Waals surface area contributed by atoms with Gasteiger partial charge in [0.15, 0.2) is 0 Å². The van der Waals surface area contributed by atoms with Crippen LogP contribution in [0, 0.1) is 0 Å². The maximum atomic E-state index is 13.8. The van der Waals surface area contributed by atoms with Crippen molar-refractivity contribution < 1.29 is 28.5 Å². The number of piperidine rings is 1. The molecule has 3 aliphatic heterocycles. The van der Waals surface area contributed by atoms with Crippen molar-refractivity contribution in [3.05, 3.63) is 53.2 Å². The number of ether oxygens (including phenoxy) is 4. The number of rotatable bonds is 6. The molecule has 10 nitrogen and oxygen atoms in total. The number of nitrogens with zero attached hydrogens (tertiary/aromatic N) is 3. The van der Waals surface area contributed by atoms with E-state index in [1.54, 1.807) is 51.5 Å². The number of carbonyl (C=O) groups is 2. The maximum absolute atomic E-state index is 13.8. The summed E-state index contributed by atoms with van der Waals surface area (Å²) in [5, 5.41) is 2.98. The first-order valence-electron chi connectivity index (χ1n) is 13.6. The second-order valence-corrected chi connectivity index (χ2v) is 10.4. The number of likely N-dealkylation sites (N-methyl/N-ethyl adjacent to an activating group) is 1. The molecule has 1 atom stereocenters. The highest BCUT2D eigenvalue weighted by atomic mass is 16.5. The predicted octanol–water partition coefficient (Wildman–Crippen LogP) is 5.05. The summed E-state index contributed by atoms with van der Waals surface area (Å²) < 4.78 is 22.0. The standard InChI is InChI=1S/C30H38N4O6/c1-7-34-29(36)33-18-20-15-22(38-4)17-25(40-6)27(20)19(2)14-26(33)30(34)10-12-32(13-11-30)28(35)31-23-9-8-21(37-3)16-24(23)39-5/h8-9,14-17,19H,7,10-13,18H2,1-6H3,(H,31,35)/t19-/m0/s1. The van der Waals surface area contributed by atoms with Crippen molar-refractivity contribution in [2.24, 2.45) is 0 Å². The second-order valence-electron chi connectivity index (χ2n) is 10.4. The van der Waals surface area contributed by atoms with Crippen LogP contribution in [-0.4, -0.2) is 80.4 Å². The summed E-state index contributed by atoms with van der Waals surface area (Å²) in [6.45, 7) is 6.21. The fourth-order valence-corrected chi connectivity index (χ4v) is 6.44. The Morgan fingerprint density at radius 3 is 2.27 bits per heavy atom. The van der Waals surface area contributed by atoms with Crippen LogP contribution in [0.25, 0.3) is 0 Å². The number of urea groups is 2. The molecule has 3 aliphatic rings. The summed E-state index contributed by atoms with van der Waals surface area (Å²) in [5.74, 6) is 2.66. The quantitative estimate of drug-likeness (QED) is 0.542. The Bertz CT molecular complexity index is 1330. The third kappa shape index (κ3) is 4.45. The van der Waals surface area contributed by atoms with Crippen LogP contribution in [-0.2, 0) is 6.54 Å². The minimum atomic E-state index is -0.478. The van der Waals surface area contributed by atoms with Gasteiger partial charge in [-0.15, -0.1) is 0 Å². The lowest BCUT2D eigenvalue weighted by molar-refractivity contribution is 0.106. The van der Waals surface area contributed by atoms with Gasteiger partial charge in [0.1, 0.15) is 23.0 Å². The second kappa shape index (κ2) is 10.8. The molecule has 214 valence electrons. The Kier molecular flexibility index (Phi) is 7.44. The van der Waals surface area contributed by atoms with Crippen molar-refractivity contribution in [3.8, 4) is 23.0 Å². The van der Waals surface area contributed by atoms with Gasteiger partial charge in [0.2, 0.25) is 0 Å². The molecule has 0 radical (unpaired) electrons. The molecule has 0 aliphatic carbocycles. The number of benzene rings is 2. The van der Waals surface area contributed by atoms with Gasteiger partial charge >= 0.3 is 12.1 Å². The number of amides is 4. The molecule has 2 aromatic rings. The highest BCUT2D eigenvalue weighted by Gasteiger charge is 2.55. The number of likely N-dealkylation sites (tertiary alicyclic amines) is 1. The highest BCUT2D eigenvalue weighted by molar-refractivity contribution is 5.91. The van der Waals surface area contributed by atoms with Crippen LogP contribution in [0.1, 0.15) is 43.7 Å². The maximum Gasteiger partial charge on any atom is 0.325 e. The lowest BCUT2D eigenvalue weighted by Gasteiger charge is -2.44. The van der Waals surface area contributed by atoms with Gasteiger partial charge in [-0.05, 0) is 43.5 Å². The molecule has 0 aromatic heterocycles. The molecule has 10 heteroatoms. The Morgan fingerprint density at radius 2 is 1.65 bits per heavy atom. The third-order valence-corrected chi connectivity index (χ3v) is 8.44. The summed E-state index contributed by atoms with van der Waals surface area (Å²) in [4.78, 5) is 32.8. The lowest BCUT2D eigenvalue weighted by atomic mass is 9.82. The number of methoxy groups -OCH3 is 4. The lowest BCUT2D eigenvalue weighted by Crippen LogP contribution is -2.55. The van der Waals surface area contributed by atoms with E-state index in [2.05, 4.69) is 18.3 Å². The summed E-state index contributed by atoms with van der Waals surface area (Å²) in [5.41, 5.74) is 3.20. The van der Waals surface area contributed by atoms with Crippen LogP contribution >= 0.6 is 0 Å².